The van der Waals surface area contributed by atoms with Gasteiger partial charge in [0.05, 0.1) is 43.0 Å². The van der Waals surface area contributed by atoms with E-state index < -0.39 is 23.6 Å². The van der Waals surface area contributed by atoms with Gasteiger partial charge < -0.3 is 29.7 Å². The molecule has 2 fully saturated rings. The van der Waals surface area contributed by atoms with Gasteiger partial charge in [0.2, 0.25) is 5.91 Å². The van der Waals surface area contributed by atoms with E-state index in [-0.39, 0.29) is 30.0 Å². The fraction of sp³-hybridized carbons (Fsp3) is 0.405. The van der Waals surface area contributed by atoms with Crippen molar-refractivity contribution in [3.05, 3.63) is 95.7 Å². The summed E-state index contributed by atoms with van der Waals surface area (Å²) in [5.74, 6) is 0.543. The largest absolute Gasteiger partial charge is 0.453 e. The first-order valence-electron chi connectivity index (χ1n) is 18.8. The number of alkyl carbamates (subject to hydrolysis) is 1. The quantitative estimate of drug-likeness (QED) is 0.138. The average Bonchev–Trinajstić information content (AvgIpc) is 3.98. The molecule has 4 aromatic rings. The lowest BCUT2D eigenvalue weighted by atomic mass is 9.95. The zero-order valence-corrected chi connectivity index (χ0v) is 32.3. The van der Waals surface area contributed by atoms with Crippen LogP contribution >= 0.6 is 0 Å². The summed E-state index contributed by atoms with van der Waals surface area (Å²) in [5.41, 5.74) is 3.39. The third kappa shape index (κ3) is 9.15. The molecule has 2 aromatic carbocycles. The van der Waals surface area contributed by atoms with Gasteiger partial charge >= 0.3 is 12.2 Å². The zero-order chi connectivity index (χ0) is 39.3. The monoisotopic (exact) mass is 751 g/mol. The Kier molecular flexibility index (Phi) is 11.9. The molecular weight excluding hydrogens is 702 g/mol. The lowest BCUT2D eigenvalue weighted by Gasteiger charge is -2.30. The molecule has 0 aliphatic carbocycles. The maximum Gasteiger partial charge on any atom is 0.410 e. The van der Waals surface area contributed by atoms with Gasteiger partial charge in [-0.1, -0.05) is 62.4 Å². The molecule has 2 saturated heterocycles. The van der Waals surface area contributed by atoms with Gasteiger partial charge in [-0.05, 0) is 81.7 Å². The van der Waals surface area contributed by atoms with Crippen molar-refractivity contribution >= 4 is 30.2 Å². The Balaban J connectivity index is 1.21. The van der Waals surface area contributed by atoms with Gasteiger partial charge in [0.15, 0.2) is 0 Å². The Hall–Kier alpha value is -5.72. The number of rotatable bonds is 10. The number of ether oxygens (including phenoxy) is 2. The van der Waals surface area contributed by atoms with Gasteiger partial charge in [-0.25, -0.2) is 23.9 Å². The number of allylic oxidation sites excluding steroid dienone is 2. The molecule has 0 saturated carbocycles. The summed E-state index contributed by atoms with van der Waals surface area (Å²) in [4.78, 5) is 57.8. The smallest absolute Gasteiger partial charge is 0.410 e. The van der Waals surface area contributed by atoms with Gasteiger partial charge in [0, 0.05) is 24.2 Å². The van der Waals surface area contributed by atoms with E-state index in [1.165, 1.54) is 13.2 Å². The minimum Gasteiger partial charge on any atom is -0.453 e. The second kappa shape index (κ2) is 16.7. The van der Waals surface area contributed by atoms with Crippen molar-refractivity contribution in [2.45, 2.75) is 84.0 Å². The van der Waals surface area contributed by atoms with Crippen LogP contribution < -0.4 is 5.32 Å². The van der Waals surface area contributed by atoms with Crippen LogP contribution in [0.15, 0.2) is 67.0 Å². The molecule has 13 heteroatoms. The second-order valence-electron chi connectivity index (χ2n) is 15.3. The van der Waals surface area contributed by atoms with E-state index in [0.717, 1.165) is 30.5 Å². The van der Waals surface area contributed by atoms with E-state index in [1.807, 2.05) is 83.2 Å². The summed E-state index contributed by atoms with van der Waals surface area (Å²) < 4.78 is 26.5. The van der Waals surface area contributed by atoms with Gasteiger partial charge in [-0.3, -0.25) is 9.69 Å². The number of nitrogens with zero attached hydrogens (tertiary/aromatic N) is 4. The molecule has 0 spiro atoms. The van der Waals surface area contributed by atoms with Crippen LogP contribution in [0, 0.1) is 11.7 Å². The van der Waals surface area contributed by atoms with Crippen molar-refractivity contribution < 1.29 is 28.2 Å². The molecule has 3 atom stereocenters. The van der Waals surface area contributed by atoms with E-state index >= 15 is 4.39 Å². The van der Waals surface area contributed by atoms with E-state index in [2.05, 4.69) is 25.3 Å². The predicted octanol–water partition coefficient (Wildman–Crippen LogP) is 8.45. The number of halogens is 1. The number of H-pyrrole nitrogens is 2. The molecule has 0 radical (unpaired) electrons. The molecular formula is C42H50FN7O5. The van der Waals surface area contributed by atoms with Crippen LogP contribution in [0.2, 0.25) is 0 Å². The fourth-order valence-electron chi connectivity index (χ4n) is 7.15. The minimum atomic E-state index is -0.744. The van der Waals surface area contributed by atoms with Crippen LogP contribution in [0.25, 0.3) is 34.5 Å². The average molecular weight is 752 g/mol. The first-order chi connectivity index (χ1) is 26.3. The van der Waals surface area contributed by atoms with Crippen molar-refractivity contribution in [3.63, 3.8) is 0 Å². The summed E-state index contributed by atoms with van der Waals surface area (Å²) in [6, 6.07) is 11.8. The van der Waals surface area contributed by atoms with Crippen molar-refractivity contribution in [2.24, 2.45) is 5.92 Å². The maximum absolute atomic E-state index is 16.1. The number of likely N-dealkylation sites (tertiary alicyclic amines) is 2. The number of benzene rings is 2. The van der Waals surface area contributed by atoms with Crippen LogP contribution in [0.5, 0.6) is 0 Å². The zero-order valence-electron chi connectivity index (χ0n) is 32.3. The highest BCUT2D eigenvalue weighted by molar-refractivity contribution is 5.86. The Morgan fingerprint density at radius 2 is 1.56 bits per heavy atom. The number of aromatic nitrogens is 4. The number of carbonyl (C=O) groups is 3. The van der Waals surface area contributed by atoms with E-state index in [0.29, 0.717) is 53.5 Å². The normalized spacial score (nSPS) is 18.1. The SMILES string of the molecule is COC(=O)N[C@H](C(=O)N1CCC[C@H]1c1ncc(-c2cc(F)c(C=CC=Cc3cnc([C@@H]4CCCN4C(=O)OC(C)(C)C)[nH]3)c(-c3ccccc3)c2)[nH]1)C(C)C. The number of nitrogens with one attached hydrogen (secondary N) is 3. The summed E-state index contributed by atoms with van der Waals surface area (Å²) in [6.07, 6.45) is 12.7. The van der Waals surface area contributed by atoms with Crippen LogP contribution in [-0.4, -0.2) is 79.7 Å². The van der Waals surface area contributed by atoms with Crippen molar-refractivity contribution in [3.8, 4) is 22.4 Å². The third-order valence-electron chi connectivity index (χ3n) is 9.83. The van der Waals surface area contributed by atoms with Gasteiger partial charge in [-0.15, -0.1) is 0 Å². The van der Waals surface area contributed by atoms with Crippen molar-refractivity contribution in [1.82, 2.24) is 35.1 Å². The lowest BCUT2D eigenvalue weighted by molar-refractivity contribution is -0.135. The van der Waals surface area contributed by atoms with Crippen LogP contribution in [-0.2, 0) is 14.3 Å². The lowest BCUT2D eigenvalue weighted by Crippen LogP contribution is -2.51. The summed E-state index contributed by atoms with van der Waals surface area (Å²) in [5, 5.41) is 2.67. The maximum atomic E-state index is 16.1. The number of imidazole rings is 2. The molecule has 0 unspecified atom stereocenters. The molecule has 2 aliphatic rings. The highest BCUT2D eigenvalue weighted by atomic mass is 19.1. The number of methoxy groups -OCH3 is 1. The van der Waals surface area contributed by atoms with Crippen LogP contribution in [0.4, 0.5) is 14.0 Å². The second-order valence-corrected chi connectivity index (χ2v) is 15.3. The van der Waals surface area contributed by atoms with Gasteiger partial charge in [0.1, 0.15) is 29.1 Å². The Labute approximate surface area is 321 Å². The highest BCUT2D eigenvalue weighted by Gasteiger charge is 2.38. The molecule has 3 amide bonds. The van der Waals surface area contributed by atoms with Crippen LogP contribution in [0.1, 0.15) is 95.3 Å². The number of carbonyl (C=O) groups excluding carboxylic acids is 3. The van der Waals surface area contributed by atoms with E-state index in [4.69, 9.17) is 9.47 Å². The third-order valence-corrected chi connectivity index (χ3v) is 9.83. The first-order valence-corrected chi connectivity index (χ1v) is 18.8. The number of amides is 3. The molecule has 2 aromatic heterocycles. The summed E-state index contributed by atoms with van der Waals surface area (Å²) in [7, 11) is 1.27. The van der Waals surface area contributed by atoms with Crippen molar-refractivity contribution in [1.29, 1.82) is 0 Å². The van der Waals surface area contributed by atoms with Gasteiger partial charge in [-0.2, -0.15) is 0 Å². The molecule has 290 valence electrons. The fourth-order valence-corrected chi connectivity index (χ4v) is 7.15. The number of hydrogen-bond acceptors (Lipinski definition) is 7. The molecule has 3 N–H and O–H groups in total. The van der Waals surface area contributed by atoms with Crippen molar-refractivity contribution in [2.75, 3.05) is 20.2 Å². The Morgan fingerprint density at radius 1 is 0.909 bits per heavy atom. The molecule has 55 heavy (non-hydrogen) atoms. The van der Waals surface area contributed by atoms with Crippen LogP contribution in [0.3, 0.4) is 0 Å². The minimum absolute atomic E-state index is 0.152. The summed E-state index contributed by atoms with van der Waals surface area (Å²) in [6.45, 7) is 10.4. The number of aromatic amines is 2. The van der Waals surface area contributed by atoms with E-state index in [1.54, 1.807) is 34.3 Å². The standard InChI is InChI=1S/C42H50FN7O5/c1-26(2)36(48-40(52)54-6)39(51)49-20-12-18-34(49)38-45-25-33(47-38)28-22-31(27-14-8-7-9-15-27)30(32(43)23-28)17-11-10-16-29-24-44-37(46-29)35-19-13-21-50(35)41(53)55-42(3,4)5/h7-11,14-17,22-26,34-36H,12-13,18-21H2,1-6H3,(H,44,46)(H,45,47)(H,48,52)/t34-,35-,36-/m0/s1. The Morgan fingerprint density at radius 3 is 2.25 bits per heavy atom. The van der Waals surface area contributed by atoms with Gasteiger partial charge in [0.25, 0.3) is 0 Å². The first kappa shape index (κ1) is 39.0. The topological polar surface area (TPSA) is 146 Å². The molecule has 6 rings (SSSR count). The highest BCUT2D eigenvalue weighted by Crippen LogP contribution is 2.36. The molecule has 4 heterocycles. The predicted molar refractivity (Wildman–Crippen MR) is 209 cm³/mol. The summed E-state index contributed by atoms with van der Waals surface area (Å²) >= 11 is 0. The molecule has 12 nitrogen and oxygen atoms in total. The Bertz CT molecular complexity index is 2050. The number of hydrogen-bond donors (Lipinski definition) is 3. The molecule has 0 bridgehead atoms. The van der Waals surface area contributed by atoms with E-state index in [9.17, 15) is 14.4 Å². The molecule has 2 aliphatic heterocycles.